The number of rotatable bonds is 31. The molecule has 3 unspecified atom stereocenters. The summed E-state index contributed by atoms with van der Waals surface area (Å²) in [5.74, 6) is 0.570. The first-order valence-corrected chi connectivity index (χ1v) is 19.7. The molecule has 45 heavy (non-hydrogen) atoms. The highest BCUT2D eigenvalue weighted by Gasteiger charge is 2.28. The quantitative estimate of drug-likeness (QED) is 0.0630. The van der Waals surface area contributed by atoms with Gasteiger partial charge in [0, 0.05) is 13.0 Å². The van der Waals surface area contributed by atoms with Crippen LogP contribution >= 0.6 is 7.82 Å². The summed E-state index contributed by atoms with van der Waals surface area (Å²) in [6.45, 7) is 7.12. The Balaban J connectivity index is 2.34. The molecule has 1 N–H and O–H groups in total. The van der Waals surface area contributed by atoms with Crippen LogP contribution in [0.2, 0.25) is 0 Å². The fourth-order valence-electron chi connectivity index (χ4n) is 5.71. The van der Waals surface area contributed by atoms with Crippen LogP contribution < -0.4 is 4.74 Å². The van der Waals surface area contributed by atoms with Gasteiger partial charge < -0.3 is 19.3 Å². The minimum atomic E-state index is -4.25. The summed E-state index contributed by atoms with van der Waals surface area (Å²) in [5.41, 5.74) is 0.981. The van der Waals surface area contributed by atoms with Crippen LogP contribution in [0, 0.1) is 5.92 Å². The maximum Gasteiger partial charge on any atom is 0.472 e. The van der Waals surface area contributed by atoms with Gasteiger partial charge in [0.15, 0.2) is 0 Å². The molecule has 1 aromatic carbocycles. The van der Waals surface area contributed by atoms with Gasteiger partial charge in [-0.05, 0) is 64.3 Å². The lowest BCUT2D eigenvalue weighted by Crippen LogP contribution is -2.22. The molecule has 0 aliphatic carbocycles. The molecule has 1 aromatic rings. The predicted molar refractivity (Wildman–Crippen MR) is 188 cm³/mol. The van der Waals surface area contributed by atoms with Crippen LogP contribution in [0.3, 0.4) is 0 Å². The van der Waals surface area contributed by atoms with Gasteiger partial charge in [0.2, 0.25) is 0 Å². The molecule has 0 saturated heterocycles. The molecular formula is C37H68NO6P. The second-order valence-electron chi connectivity index (χ2n) is 13.2. The molecular weight excluding hydrogens is 585 g/mol. The highest BCUT2D eigenvalue weighted by atomic mass is 31.2. The number of benzene rings is 1. The molecule has 262 valence electrons. The van der Waals surface area contributed by atoms with Gasteiger partial charge in [-0.15, -0.1) is 0 Å². The van der Waals surface area contributed by atoms with E-state index in [9.17, 15) is 14.3 Å². The lowest BCUT2D eigenvalue weighted by molar-refractivity contribution is -0.118. The van der Waals surface area contributed by atoms with E-state index in [1.165, 1.54) is 103 Å². The first kappa shape index (κ1) is 41.8. The second kappa shape index (κ2) is 26.8. The fourth-order valence-corrected chi connectivity index (χ4v) is 6.80. The van der Waals surface area contributed by atoms with E-state index < -0.39 is 7.82 Å². The maximum absolute atomic E-state index is 12.7. The van der Waals surface area contributed by atoms with E-state index in [2.05, 4.69) is 6.92 Å². The first-order valence-electron chi connectivity index (χ1n) is 18.2. The van der Waals surface area contributed by atoms with E-state index in [-0.39, 0.29) is 30.8 Å². The summed E-state index contributed by atoms with van der Waals surface area (Å²) in [5, 5.41) is 0. The van der Waals surface area contributed by atoms with E-state index in [0.29, 0.717) is 25.9 Å². The number of carbonyl (C=O) groups is 1. The minimum Gasteiger partial charge on any atom is -0.493 e. The number of ketones is 1. The van der Waals surface area contributed by atoms with Crippen molar-refractivity contribution in [1.29, 1.82) is 0 Å². The molecule has 1 rings (SSSR count). The van der Waals surface area contributed by atoms with Crippen LogP contribution in [-0.2, 0) is 24.8 Å². The van der Waals surface area contributed by atoms with Gasteiger partial charge in [-0.2, -0.15) is 0 Å². The van der Waals surface area contributed by atoms with Crippen molar-refractivity contribution in [3.8, 4) is 5.75 Å². The highest BCUT2D eigenvalue weighted by Crippen LogP contribution is 2.46. The van der Waals surface area contributed by atoms with Gasteiger partial charge in [-0.25, -0.2) is 4.57 Å². The Morgan fingerprint density at radius 1 is 0.844 bits per heavy atom. The van der Waals surface area contributed by atoms with Gasteiger partial charge in [0.05, 0.1) is 19.3 Å². The van der Waals surface area contributed by atoms with E-state index >= 15 is 0 Å². The zero-order valence-corrected chi connectivity index (χ0v) is 30.5. The number of phosphoric ester groups is 1. The molecule has 0 aromatic heterocycles. The Bertz CT molecular complexity index is 911. The zero-order valence-electron chi connectivity index (χ0n) is 29.6. The number of nitrogens with zero attached hydrogens (tertiary/aromatic N) is 1. The number of hydrogen-bond donors (Lipinski definition) is 1. The van der Waals surface area contributed by atoms with E-state index in [1.54, 1.807) is 0 Å². The van der Waals surface area contributed by atoms with Crippen molar-refractivity contribution in [2.45, 2.75) is 155 Å². The van der Waals surface area contributed by atoms with Crippen LogP contribution in [0.15, 0.2) is 24.3 Å². The molecule has 0 amide bonds. The molecule has 8 heteroatoms. The molecule has 7 nitrogen and oxygen atoms in total. The van der Waals surface area contributed by atoms with Crippen LogP contribution in [0.1, 0.15) is 148 Å². The summed E-state index contributed by atoms with van der Waals surface area (Å²) in [4.78, 5) is 24.4. The Morgan fingerprint density at radius 3 is 1.89 bits per heavy atom. The molecule has 0 radical (unpaired) electrons. The van der Waals surface area contributed by atoms with Crippen LogP contribution in [0.25, 0.3) is 0 Å². The van der Waals surface area contributed by atoms with E-state index in [0.717, 1.165) is 24.3 Å². The lowest BCUT2D eigenvalue weighted by Gasteiger charge is -2.23. The van der Waals surface area contributed by atoms with Crippen molar-refractivity contribution in [1.82, 2.24) is 4.90 Å². The second-order valence-corrected chi connectivity index (χ2v) is 14.6. The van der Waals surface area contributed by atoms with Gasteiger partial charge in [0.1, 0.15) is 11.5 Å². The number of phosphoric acid groups is 1. The zero-order chi connectivity index (χ0) is 33.2. The number of para-hydroxylation sites is 1. The van der Waals surface area contributed by atoms with Crippen molar-refractivity contribution in [3.63, 3.8) is 0 Å². The number of unbranched alkanes of at least 4 members (excludes halogenated alkanes) is 15. The average molecular weight is 654 g/mol. The SMILES string of the molecule is CCCCCCCCCCCCCCCCCCOc1ccccc1CC(COP(=O)(O)OC(CC)CCN(C)C)CC(C)=O. The van der Waals surface area contributed by atoms with Gasteiger partial charge in [-0.3, -0.25) is 9.05 Å². The number of ether oxygens (including phenoxy) is 1. The molecule has 0 saturated carbocycles. The first-order chi connectivity index (χ1) is 21.7. The van der Waals surface area contributed by atoms with Crippen molar-refractivity contribution in [3.05, 3.63) is 29.8 Å². The third kappa shape index (κ3) is 23.7. The number of hydrogen-bond acceptors (Lipinski definition) is 6. The normalized spacial score (nSPS) is 14.4. The summed E-state index contributed by atoms with van der Waals surface area (Å²) in [6, 6.07) is 7.88. The van der Waals surface area contributed by atoms with Gasteiger partial charge in [0.25, 0.3) is 0 Å². The van der Waals surface area contributed by atoms with E-state index in [1.807, 2.05) is 50.2 Å². The minimum absolute atomic E-state index is 0.0151. The smallest absolute Gasteiger partial charge is 0.472 e. The topological polar surface area (TPSA) is 85.3 Å². The largest absolute Gasteiger partial charge is 0.493 e. The van der Waals surface area contributed by atoms with Crippen molar-refractivity contribution in [2.24, 2.45) is 5.92 Å². The summed E-state index contributed by atoms with van der Waals surface area (Å²) in [7, 11) is -0.338. The number of Topliss-reactive ketones (excluding diaryl/α,β-unsaturated/α-hetero) is 1. The predicted octanol–water partition coefficient (Wildman–Crippen LogP) is 10.3. The third-order valence-electron chi connectivity index (χ3n) is 8.42. The average Bonchev–Trinajstić information content (AvgIpc) is 3.00. The summed E-state index contributed by atoms with van der Waals surface area (Å²) < 4.78 is 29.8. The molecule has 0 heterocycles. The standard InChI is InChI=1S/C37H68NO6P/c1-6-8-9-10-11-12-13-14-15-16-17-18-19-20-21-24-29-42-37-26-23-22-25-35(37)31-34(30-33(3)39)32-43-45(40,41)44-36(7-2)27-28-38(4)5/h22-23,25-26,34,36H,6-21,24,27-32H2,1-5H3,(H,40,41). The van der Waals surface area contributed by atoms with E-state index in [4.69, 9.17) is 13.8 Å². The Morgan fingerprint density at radius 2 is 1.38 bits per heavy atom. The summed E-state index contributed by atoms with van der Waals surface area (Å²) in [6.07, 6.45) is 23.1. The van der Waals surface area contributed by atoms with Crippen LogP contribution in [0.5, 0.6) is 5.75 Å². The monoisotopic (exact) mass is 653 g/mol. The molecule has 0 bridgehead atoms. The van der Waals surface area contributed by atoms with Crippen molar-refractivity contribution >= 4 is 13.6 Å². The Kier molecular flexibility index (Phi) is 24.9. The molecule has 3 atom stereocenters. The summed E-state index contributed by atoms with van der Waals surface area (Å²) >= 11 is 0. The van der Waals surface area contributed by atoms with Gasteiger partial charge >= 0.3 is 7.82 Å². The molecule has 0 spiro atoms. The fraction of sp³-hybridized carbons (Fsp3) is 0.811. The number of carbonyl (C=O) groups excluding carboxylic acids is 1. The molecule has 0 fully saturated rings. The lowest BCUT2D eigenvalue weighted by atomic mass is 9.95. The van der Waals surface area contributed by atoms with Crippen molar-refractivity contribution in [2.75, 3.05) is 33.9 Å². The third-order valence-corrected chi connectivity index (χ3v) is 9.46. The maximum atomic E-state index is 12.7. The van der Waals surface area contributed by atoms with Crippen LogP contribution in [-0.4, -0.2) is 55.5 Å². The molecule has 0 aliphatic rings. The van der Waals surface area contributed by atoms with Crippen molar-refractivity contribution < 1.29 is 28.0 Å². The van der Waals surface area contributed by atoms with Gasteiger partial charge in [-0.1, -0.05) is 128 Å². The van der Waals surface area contributed by atoms with Crippen LogP contribution in [0.4, 0.5) is 0 Å². The highest BCUT2D eigenvalue weighted by molar-refractivity contribution is 7.47. The Hall–Kier alpha value is -1.24. The molecule has 0 aliphatic heterocycles. The Labute approximate surface area is 276 Å².